The van der Waals surface area contributed by atoms with Crippen molar-refractivity contribution >= 4 is 22.8 Å². The number of hydrogen-bond acceptors (Lipinski definition) is 1. The van der Waals surface area contributed by atoms with Gasteiger partial charge in [0.05, 0.1) is 11.2 Å². The van der Waals surface area contributed by atoms with Crippen LogP contribution >= 0.6 is 0 Å². The number of H-pyrrole nitrogens is 1. The molecule has 1 N–H and O–H groups in total. The first-order chi connectivity index (χ1) is 9.22. The van der Waals surface area contributed by atoms with Crippen LogP contribution in [0.1, 0.15) is 5.56 Å². The van der Waals surface area contributed by atoms with Crippen LogP contribution in [0, 0.1) is 11.6 Å². The maximum absolute atomic E-state index is 13.0. The quantitative estimate of drug-likeness (QED) is 0.666. The number of hydrogen-bond donors (Lipinski definition) is 1. The Kier molecular flexibility index (Phi) is 2.83. The summed E-state index contributed by atoms with van der Waals surface area (Å²) in [5.74, 6) is -1.27. The zero-order valence-corrected chi connectivity index (χ0v) is 9.90. The molecule has 0 saturated carbocycles. The third kappa shape index (κ3) is 2.38. The van der Waals surface area contributed by atoms with E-state index in [9.17, 15) is 8.78 Å². The van der Waals surface area contributed by atoms with E-state index < -0.39 is 11.6 Å². The molecule has 0 unspecified atom stereocenters. The van der Waals surface area contributed by atoms with Crippen molar-refractivity contribution in [3.63, 3.8) is 0 Å². The molecule has 0 spiro atoms. The monoisotopic (exact) mass is 256 g/mol. The standard InChI is InChI=1S/C15H10F2N2/c16-12-6-13(17)8-14(7-12)19-9-11-3-1-2-10-4-5-18-15(10)11/h1-9,18H/b19-9+. The second-order valence-corrected chi connectivity index (χ2v) is 4.17. The van der Waals surface area contributed by atoms with E-state index in [2.05, 4.69) is 9.98 Å². The van der Waals surface area contributed by atoms with Crippen LogP contribution in [0.15, 0.2) is 53.7 Å². The Morgan fingerprint density at radius 3 is 2.58 bits per heavy atom. The van der Waals surface area contributed by atoms with Gasteiger partial charge in [-0.05, 0) is 18.2 Å². The molecule has 4 heteroatoms. The van der Waals surface area contributed by atoms with Crippen molar-refractivity contribution in [2.24, 2.45) is 4.99 Å². The first-order valence-electron chi connectivity index (χ1n) is 5.79. The zero-order chi connectivity index (χ0) is 13.2. The van der Waals surface area contributed by atoms with Gasteiger partial charge in [-0.1, -0.05) is 18.2 Å². The van der Waals surface area contributed by atoms with E-state index in [1.54, 1.807) is 6.21 Å². The van der Waals surface area contributed by atoms with E-state index in [1.165, 1.54) is 12.1 Å². The molecule has 1 aromatic heterocycles. The van der Waals surface area contributed by atoms with Gasteiger partial charge in [0.25, 0.3) is 0 Å². The van der Waals surface area contributed by atoms with Crippen LogP contribution in [0.2, 0.25) is 0 Å². The fourth-order valence-corrected chi connectivity index (χ4v) is 1.97. The molecule has 0 radical (unpaired) electrons. The second-order valence-electron chi connectivity index (χ2n) is 4.17. The number of para-hydroxylation sites is 1. The van der Waals surface area contributed by atoms with E-state index in [0.717, 1.165) is 22.5 Å². The minimum Gasteiger partial charge on any atom is -0.361 e. The van der Waals surface area contributed by atoms with Crippen LogP contribution < -0.4 is 0 Å². The lowest BCUT2D eigenvalue weighted by atomic mass is 10.1. The second kappa shape index (κ2) is 4.65. The highest BCUT2D eigenvalue weighted by Gasteiger charge is 2.01. The lowest BCUT2D eigenvalue weighted by Gasteiger charge is -1.98. The van der Waals surface area contributed by atoms with Crippen LogP contribution in [-0.4, -0.2) is 11.2 Å². The molecule has 0 atom stereocenters. The highest BCUT2D eigenvalue weighted by molar-refractivity contribution is 5.98. The minimum absolute atomic E-state index is 0.251. The number of aromatic amines is 1. The first-order valence-corrected chi connectivity index (χ1v) is 5.79. The highest BCUT2D eigenvalue weighted by atomic mass is 19.1. The Morgan fingerprint density at radius 1 is 1.00 bits per heavy atom. The minimum atomic E-state index is -0.634. The van der Waals surface area contributed by atoms with Crippen molar-refractivity contribution in [1.82, 2.24) is 4.98 Å². The average molecular weight is 256 g/mol. The summed E-state index contributed by atoms with van der Waals surface area (Å²) in [6, 6.07) is 10.9. The normalized spacial score (nSPS) is 11.5. The lowest BCUT2D eigenvalue weighted by Crippen LogP contribution is -1.84. The maximum Gasteiger partial charge on any atom is 0.128 e. The lowest BCUT2D eigenvalue weighted by molar-refractivity contribution is 0.584. The van der Waals surface area contributed by atoms with E-state index in [-0.39, 0.29) is 5.69 Å². The SMILES string of the molecule is Fc1cc(F)cc(/N=C/c2cccc3cc[nH]c23)c1. The summed E-state index contributed by atoms with van der Waals surface area (Å²) in [4.78, 5) is 7.21. The number of aromatic nitrogens is 1. The molecular formula is C15H10F2N2. The topological polar surface area (TPSA) is 28.1 Å². The Balaban J connectivity index is 2.00. The number of nitrogens with one attached hydrogen (secondary N) is 1. The van der Waals surface area contributed by atoms with Crippen molar-refractivity contribution in [2.75, 3.05) is 0 Å². The number of fused-ring (bicyclic) bond motifs is 1. The Bertz CT molecular complexity index is 739. The Morgan fingerprint density at radius 2 is 1.79 bits per heavy atom. The molecule has 0 aliphatic heterocycles. The van der Waals surface area contributed by atoms with Gasteiger partial charge in [-0.15, -0.1) is 0 Å². The van der Waals surface area contributed by atoms with E-state index in [4.69, 9.17) is 0 Å². The molecule has 94 valence electrons. The van der Waals surface area contributed by atoms with Gasteiger partial charge >= 0.3 is 0 Å². The van der Waals surface area contributed by atoms with E-state index >= 15 is 0 Å². The molecule has 2 aromatic carbocycles. The number of nitrogens with zero attached hydrogens (tertiary/aromatic N) is 1. The summed E-state index contributed by atoms with van der Waals surface area (Å²) < 4.78 is 26.1. The van der Waals surface area contributed by atoms with Gasteiger partial charge in [0.15, 0.2) is 0 Å². The third-order valence-electron chi connectivity index (χ3n) is 2.82. The van der Waals surface area contributed by atoms with Crippen molar-refractivity contribution in [1.29, 1.82) is 0 Å². The van der Waals surface area contributed by atoms with Gasteiger partial charge in [0.1, 0.15) is 11.6 Å². The third-order valence-corrected chi connectivity index (χ3v) is 2.82. The molecule has 3 rings (SSSR count). The highest BCUT2D eigenvalue weighted by Crippen LogP contribution is 2.18. The molecular weight excluding hydrogens is 246 g/mol. The van der Waals surface area contributed by atoms with Gasteiger partial charge < -0.3 is 4.98 Å². The number of aliphatic imine (C=N–C) groups is 1. The van der Waals surface area contributed by atoms with Crippen LogP contribution in [-0.2, 0) is 0 Å². The molecule has 0 amide bonds. The van der Waals surface area contributed by atoms with Gasteiger partial charge in [-0.2, -0.15) is 0 Å². The van der Waals surface area contributed by atoms with Gasteiger partial charge in [0, 0.05) is 29.4 Å². The van der Waals surface area contributed by atoms with E-state index in [1.807, 2.05) is 30.5 Å². The van der Waals surface area contributed by atoms with Crippen LogP contribution in [0.4, 0.5) is 14.5 Å². The zero-order valence-electron chi connectivity index (χ0n) is 9.90. The number of rotatable bonds is 2. The summed E-state index contributed by atoms with van der Waals surface area (Å²) in [5.41, 5.74) is 2.07. The average Bonchev–Trinajstić information content (AvgIpc) is 2.83. The van der Waals surface area contributed by atoms with Gasteiger partial charge in [0.2, 0.25) is 0 Å². The summed E-state index contributed by atoms with van der Waals surface area (Å²) in [5, 5.41) is 1.06. The summed E-state index contributed by atoms with van der Waals surface area (Å²) in [7, 11) is 0. The molecule has 0 bridgehead atoms. The number of halogens is 2. The summed E-state index contributed by atoms with van der Waals surface area (Å²) in [6.07, 6.45) is 3.43. The Labute approximate surface area is 108 Å². The molecule has 0 fully saturated rings. The fraction of sp³-hybridized carbons (Fsp3) is 0. The van der Waals surface area contributed by atoms with Crippen molar-refractivity contribution in [3.8, 4) is 0 Å². The Hall–Kier alpha value is -2.49. The van der Waals surface area contributed by atoms with Crippen molar-refractivity contribution < 1.29 is 8.78 Å². The molecule has 0 aliphatic rings. The summed E-state index contributed by atoms with van der Waals surface area (Å²) >= 11 is 0. The molecule has 0 aliphatic carbocycles. The number of benzene rings is 2. The predicted molar refractivity (Wildman–Crippen MR) is 71.9 cm³/mol. The molecule has 0 saturated heterocycles. The first kappa shape index (κ1) is 11.6. The van der Waals surface area contributed by atoms with Crippen LogP contribution in [0.5, 0.6) is 0 Å². The van der Waals surface area contributed by atoms with Crippen molar-refractivity contribution in [2.45, 2.75) is 0 Å². The molecule has 1 heterocycles. The molecule has 2 nitrogen and oxygen atoms in total. The van der Waals surface area contributed by atoms with Crippen LogP contribution in [0.25, 0.3) is 10.9 Å². The molecule has 19 heavy (non-hydrogen) atoms. The summed E-state index contributed by atoms with van der Waals surface area (Å²) in [6.45, 7) is 0. The van der Waals surface area contributed by atoms with Gasteiger partial charge in [-0.3, -0.25) is 4.99 Å². The predicted octanol–water partition coefficient (Wildman–Crippen LogP) is 4.20. The van der Waals surface area contributed by atoms with Crippen LogP contribution in [0.3, 0.4) is 0 Å². The van der Waals surface area contributed by atoms with Gasteiger partial charge in [-0.25, -0.2) is 8.78 Å². The maximum atomic E-state index is 13.0. The smallest absolute Gasteiger partial charge is 0.128 e. The fourth-order valence-electron chi connectivity index (χ4n) is 1.97. The largest absolute Gasteiger partial charge is 0.361 e. The van der Waals surface area contributed by atoms with E-state index in [0.29, 0.717) is 0 Å². The van der Waals surface area contributed by atoms with Crippen molar-refractivity contribution in [3.05, 3.63) is 65.9 Å². The molecule has 3 aromatic rings.